The molecule has 4 aliphatic heterocycles. The fraction of sp³-hybridized carbons (Fsp3) is 1.00. The van der Waals surface area contributed by atoms with Crippen molar-refractivity contribution in [3.63, 3.8) is 0 Å². The fourth-order valence-electron chi connectivity index (χ4n) is 4.66. The van der Waals surface area contributed by atoms with Gasteiger partial charge in [-0.2, -0.15) is 0 Å². The van der Waals surface area contributed by atoms with Crippen LogP contribution in [0.25, 0.3) is 0 Å². The number of rotatable bonds is 4. The van der Waals surface area contributed by atoms with Crippen LogP contribution in [0, 0.1) is 0 Å². The summed E-state index contributed by atoms with van der Waals surface area (Å²) in [6.07, 6.45) is 0. The Labute approximate surface area is 164 Å². The van der Waals surface area contributed by atoms with Gasteiger partial charge in [-0.25, -0.2) is 0 Å². The van der Waals surface area contributed by atoms with E-state index in [1.165, 1.54) is 0 Å². The number of ether oxygens (including phenoxy) is 4. The molecule has 0 bridgehead atoms. The average molecular weight is 455 g/mol. The Bertz CT molecular complexity index is 384. The van der Waals surface area contributed by atoms with Gasteiger partial charge in [0.05, 0.1) is 0 Å². The van der Waals surface area contributed by atoms with E-state index in [0.29, 0.717) is 0 Å². The van der Waals surface area contributed by atoms with Gasteiger partial charge in [-0.15, -0.1) is 0 Å². The van der Waals surface area contributed by atoms with Crippen LogP contribution in [-0.2, 0) is 18.9 Å². The summed E-state index contributed by atoms with van der Waals surface area (Å²) in [4.78, 5) is 0. The normalized spacial score (nSPS) is 30.7. The van der Waals surface area contributed by atoms with Crippen LogP contribution in [0.5, 0.6) is 0 Å². The first-order valence-corrected chi connectivity index (χ1v) is 13.9. The Balaban J connectivity index is 1.79. The monoisotopic (exact) mass is 454 g/mol. The Morgan fingerprint density at radius 2 is 0.615 bits per heavy atom. The number of hydrogen-bond donors (Lipinski definition) is 0. The molecule has 4 aliphatic rings. The molecule has 4 rings (SSSR count). The summed E-state index contributed by atoms with van der Waals surface area (Å²) >= 11 is 4.55. The third-order valence-electron chi connectivity index (χ3n) is 5.90. The quantitative estimate of drug-likeness (QED) is 0.579. The van der Waals surface area contributed by atoms with Crippen LogP contribution in [0.1, 0.15) is 0 Å². The molecule has 0 spiro atoms. The summed E-state index contributed by atoms with van der Waals surface area (Å²) in [7, 11) is 0. The maximum atomic E-state index is 5.73. The number of morpholine rings is 4. The maximum absolute atomic E-state index is 5.73. The van der Waals surface area contributed by atoms with Crippen LogP contribution in [-0.4, -0.2) is 124 Å². The second-order valence-electron chi connectivity index (χ2n) is 7.10. The molecule has 0 radical (unpaired) electrons. The molecule has 0 saturated carbocycles. The van der Waals surface area contributed by atoms with Crippen molar-refractivity contribution < 1.29 is 18.9 Å². The SMILES string of the molecule is BrP(N1CCOCC1)(N1CCOCC1)(N1CCOCC1)N1CCOCC1. The molecular formula is C16H32BrN4O4P. The van der Waals surface area contributed by atoms with Crippen molar-refractivity contribution in [2.45, 2.75) is 0 Å². The van der Waals surface area contributed by atoms with Crippen molar-refractivity contribution in [1.82, 2.24) is 18.7 Å². The van der Waals surface area contributed by atoms with Gasteiger partial charge in [0.2, 0.25) is 0 Å². The van der Waals surface area contributed by atoms with Crippen molar-refractivity contribution in [1.29, 1.82) is 0 Å². The van der Waals surface area contributed by atoms with Crippen molar-refractivity contribution >= 4 is 21.4 Å². The molecule has 8 nitrogen and oxygen atoms in total. The van der Waals surface area contributed by atoms with Crippen LogP contribution >= 0.6 is 21.4 Å². The second-order valence-corrected chi connectivity index (χ2v) is 14.9. The standard InChI is InChI=1S/C16H32BrN4O4P/c17-26(18-1-9-22-10-2-18,19-3-11-23-12-4-19,20-5-13-24-14-6-20)21-7-15-25-16-8-21/h1-16H2. The topological polar surface area (TPSA) is 49.9 Å². The van der Waals surface area contributed by atoms with E-state index in [1.807, 2.05) is 0 Å². The van der Waals surface area contributed by atoms with Crippen molar-refractivity contribution in [2.24, 2.45) is 0 Å². The van der Waals surface area contributed by atoms with Gasteiger partial charge in [0, 0.05) is 0 Å². The zero-order chi connectivity index (χ0) is 17.9. The minimum absolute atomic E-state index is 0.794. The predicted octanol–water partition coefficient (Wildman–Crippen LogP) is 0.838. The third kappa shape index (κ3) is 3.28. The van der Waals surface area contributed by atoms with Crippen LogP contribution in [0.4, 0.5) is 0 Å². The molecule has 0 atom stereocenters. The summed E-state index contributed by atoms with van der Waals surface area (Å²) in [5.41, 5.74) is 0. The van der Waals surface area contributed by atoms with Crippen molar-refractivity contribution in [2.75, 3.05) is 105 Å². The summed E-state index contributed by atoms with van der Waals surface area (Å²) in [5.74, 6) is -2.88. The second kappa shape index (κ2) is 8.53. The van der Waals surface area contributed by atoms with E-state index in [4.69, 9.17) is 18.9 Å². The summed E-state index contributed by atoms with van der Waals surface area (Å²) < 4.78 is 33.7. The zero-order valence-corrected chi connectivity index (χ0v) is 18.0. The Hall–Kier alpha value is 0.590. The van der Waals surface area contributed by atoms with Crippen LogP contribution in [0.2, 0.25) is 0 Å². The molecular weight excluding hydrogens is 423 g/mol. The van der Waals surface area contributed by atoms with Gasteiger partial charge in [0.1, 0.15) is 0 Å². The molecule has 0 unspecified atom stereocenters. The average Bonchev–Trinajstić information content (AvgIpc) is 2.76. The molecule has 4 heterocycles. The molecule has 4 saturated heterocycles. The molecule has 26 heavy (non-hydrogen) atoms. The molecule has 4 fully saturated rings. The van der Waals surface area contributed by atoms with E-state index in [9.17, 15) is 0 Å². The molecule has 0 aliphatic carbocycles. The molecule has 10 heteroatoms. The van der Waals surface area contributed by atoms with Crippen LogP contribution in [0.3, 0.4) is 0 Å². The van der Waals surface area contributed by atoms with Gasteiger partial charge in [0.25, 0.3) is 0 Å². The van der Waals surface area contributed by atoms with Gasteiger partial charge >= 0.3 is 164 Å². The first-order chi connectivity index (χ1) is 12.7. The van der Waals surface area contributed by atoms with E-state index < -0.39 is 5.91 Å². The summed E-state index contributed by atoms with van der Waals surface area (Å²) in [6, 6.07) is 0. The number of nitrogens with zero attached hydrogens (tertiary/aromatic N) is 4. The minimum atomic E-state index is -2.88. The summed E-state index contributed by atoms with van der Waals surface area (Å²) in [6.45, 7) is 14.0. The van der Waals surface area contributed by atoms with Gasteiger partial charge < -0.3 is 0 Å². The molecule has 0 aromatic heterocycles. The van der Waals surface area contributed by atoms with E-state index in [0.717, 1.165) is 105 Å². The van der Waals surface area contributed by atoms with Crippen molar-refractivity contribution in [3.8, 4) is 0 Å². The third-order valence-corrected chi connectivity index (χ3v) is 16.8. The van der Waals surface area contributed by atoms with E-state index in [2.05, 4.69) is 34.2 Å². The number of hydrogen-bond acceptors (Lipinski definition) is 8. The van der Waals surface area contributed by atoms with E-state index in [1.54, 1.807) is 0 Å². The first kappa shape index (κ1) is 19.9. The van der Waals surface area contributed by atoms with E-state index >= 15 is 0 Å². The molecule has 0 aromatic rings. The van der Waals surface area contributed by atoms with E-state index in [-0.39, 0.29) is 0 Å². The van der Waals surface area contributed by atoms with Gasteiger partial charge in [-0.05, 0) is 0 Å². The van der Waals surface area contributed by atoms with Gasteiger partial charge in [-0.1, -0.05) is 0 Å². The Morgan fingerprint density at radius 1 is 0.423 bits per heavy atom. The predicted molar refractivity (Wildman–Crippen MR) is 105 cm³/mol. The Kier molecular flexibility index (Phi) is 6.52. The summed E-state index contributed by atoms with van der Waals surface area (Å²) in [5, 5.41) is 0. The molecule has 152 valence electrons. The van der Waals surface area contributed by atoms with Gasteiger partial charge in [-0.3, -0.25) is 0 Å². The number of halogens is 1. The first-order valence-electron chi connectivity index (χ1n) is 9.81. The zero-order valence-electron chi connectivity index (χ0n) is 15.6. The molecule has 0 N–H and O–H groups in total. The Morgan fingerprint density at radius 3 is 0.808 bits per heavy atom. The molecule has 0 amide bonds. The van der Waals surface area contributed by atoms with Crippen molar-refractivity contribution in [3.05, 3.63) is 0 Å². The van der Waals surface area contributed by atoms with Crippen LogP contribution in [0.15, 0.2) is 0 Å². The van der Waals surface area contributed by atoms with Gasteiger partial charge in [0.15, 0.2) is 0 Å². The van der Waals surface area contributed by atoms with Crippen LogP contribution < -0.4 is 0 Å². The fourth-order valence-corrected chi connectivity index (χ4v) is 14.0. The molecule has 0 aromatic carbocycles.